The maximum atomic E-state index is 5.98. The van der Waals surface area contributed by atoms with Crippen molar-refractivity contribution in [3.63, 3.8) is 0 Å². The summed E-state index contributed by atoms with van der Waals surface area (Å²) in [6, 6.07) is 8.17. The van der Waals surface area contributed by atoms with E-state index >= 15 is 0 Å². The Morgan fingerprint density at radius 1 is 1.14 bits per heavy atom. The molecule has 28 heavy (non-hydrogen) atoms. The minimum atomic E-state index is 0.569. The van der Waals surface area contributed by atoms with Gasteiger partial charge in [0.2, 0.25) is 0 Å². The van der Waals surface area contributed by atoms with Gasteiger partial charge in [-0.05, 0) is 25.5 Å². The highest BCUT2D eigenvalue weighted by Gasteiger charge is 2.17. The van der Waals surface area contributed by atoms with Gasteiger partial charge in [0.25, 0.3) is 0 Å². The first kappa shape index (κ1) is 20.7. The van der Waals surface area contributed by atoms with E-state index < -0.39 is 0 Å². The van der Waals surface area contributed by atoms with Crippen molar-refractivity contribution >= 4 is 16.9 Å². The number of aryl methyl sites for hydroxylation is 1. The van der Waals surface area contributed by atoms with Crippen molar-refractivity contribution in [3.05, 3.63) is 35.6 Å². The van der Waals surface area contributed by atoms with Crippen LogP contribution in [0, 0.1) is 12.8 Å². The van der Waals surface area contributed by atoms with Crippen LogP contribution in [0.3, 0.4) is 0 Å². The molecule has 1 aliphatic heterocycles. The Morgan fingerprint density at radius 2 is 1.86 bits per heavy atom. The zero-order valence-corrected chi connectivity index (χ0v) is 17.8. The van der Waals surface area contributed by atoms with Crippen molar-refractivity contribution in [1.82, 2.24) is 20.4 Å². The third-order valence-electron chi connectivity index (χ3n) is 5.68. The van der Waals surface area contributed by atoms with E-state index in [1.165, 1.54) is 37.1 Å². The van der Waals surface area contributed by atoms with Gasteiger partial charge in [0, 0.05) is 57.3 Å². The number of nitrogens with zero attached hydrogens (tertiary/aromatic N) is 3. The summed E-state index contributed by atoms with van der Waals surface area (Å²) in [6.07, 6.45) is 0. The molecule has 6 nitrogen and oxygen atoms in total. The summed E-state index contributed by atoms with van der Waals surface area (Å²) >= 11 is 0. The quantitative estimate of drug-likeness (QED) is 0.567. The summed E-state index contributed by atoms with van der Waals surface area (Å²) < 4.78 is 5.98. The molecule has 0 spiro atoms. The largest absolute Gasteiger partial charge is 0.459 e. The van der Waals surface area contributed by atoms with Gasteiger partial charge in [-0.25, -0.2) is 0 Å². The molecule has 0 radical (unpaired) electrons. The van der Waals surface area contributed by atoms with Crippen LogP contribution in [-0.2, 0) is 6.54 Å². The van der Waals surface area contributed by atoms with Gasteiger partial charge in [0.05, 0.1) is 6.54 Å². The molecule has 1 atom stereocenters. The lowest BCUT2D eigenvalue weighted by atomic mass is 10.1. The number of rotatable bonds is 7. The number of nitrogens with one attached hydrogen (secondary N) is 2. The Balaban J connectivity index is 1.43. The van der Waals surface area contributed by atoms with Crippen molar-refractivity contribution in [1.29, 1.82) is 0 Å². The van der Waals surface area contributed by atoms with E-state index in [1.54, 1.807) is 0 Å². The van der Waals surface area contributed by atoms with Gasteiger partial charge in [0.15, 0.2) is 5.96 Å². The molecule has 1 fully saturated rings. The van der Waals surface area contributed by atoms with Crippen molar-refractivity contribution in [3.8, 4) is 0 Å². The highest BCUT2D eigenvalue weighted by Crippen LogP contribution is 2.24. The number of aliphatic imine (C=N–C) groups is 1. The number of likely N-dealkylation sites (N-methyl/N-ethyl adjacent to an activating group) is 1. The lowest BCUT2D eigenvalue weighted by molar-refractivity contribution is 0.124. The standard InChI is InChI=1S/C22H35N5O/c1-5-26-10-12-27(13-11-26)16-17(2)14-24-22(23-4)25-15-21-18(3)19-8-6-7-9-20(19)28-21/h6-9,17H,5,10-16H2,1-4H3,(H2,23,24,25). The van der Waals surface area contributed by atoms with Gasteiger partial charge in [-0.1, -0.05) is 32.0 Å². The summed E-state index contributed by atoms with van der Waals surface area (Å²) in [4.78, 5) is 9.45. The molecule has 0 amide bonds. The first-order valence-corrected chi connectivity index (χ1v) is 10.5. The topological polar surface area (TPSA) is 56.0 Å². The molecule has 0 bridgehead atoms. The van der Waals surface area contributed by atoms with Gasteiger partial charge < -0.3 is 24.9 Å². The summed E-state index contributed by atoms with van der Waals surface area (Å²) in [5, 5.41) is 8.03. The Kier molecular flexibility index (Phi) is 7.34. The number of furan rings is 1. The Bertz CT molecular complexity index is 776. The number of piperazine rings is 1. The molecule has 6 heteroatoms. The van der Waals surface area contributed by atoms with Crippen LogP contribution < -0.4 is 10.6 Å². The van der Waals surface area contributed by atoms with Crippen LogP contribution in [0.1, 0.15) is 25.2 Å². The number of hydrogen-bond acceptors (Lipinski definition) is 4. The van der Waals surface area contributed by atoms with Crippen molar-refractivity contribution in [2.24, 2.45) is 10.9 Å². The predicted octanol–water partition coefficient (Wildman–Crippen LogP) is 2.68. The van der Waals surface area contributed by atoms with E-state index in [0.29, 0.717) is 12.5 Å². The highest BCUT2D eigenvalue weighted by molar-refractivity contribution is 5.82. The molecule has 3 rings (SSSR count). The minimum absolute atomic E-state index is 0.569. The monoisotopic (exact) mass is 385 g/mol. The number of hydrogen-bond donors (Lipinski definition) is 2. The molecule has 2 heterocycles. The SMILES string of the molecule is CCN1CCN(CC(C)CNC(=NC)NCc2oc3ccccc3c2C)CC1. The van der Waals surface area contributed by atoms with Crippen LogP contribution in [-0.4, -0.2) is 68.6 Å². The van der Waals surface area contributed by atoms with Crippen LogP contribution in [0.5, 0.6) is 0 Å². The molecule has 1 aromatic carbocycles. The molecule has 1 aromatic heterocycles. The van der Waals surface area contributed by atoms with Crippen LogP contribution >= 0.6 is 0 Å². The van der Waals surface area contributed by atoms with Gasteiger partial charge in [-0.2, -0.15) is 0 Å². The minimum Gasteiger partial charge on any atom is -0.459 e. The van der Waals surface area contributed by atoms with E-state index in [-0.39, 0.29) is 0 Å². The summed E-state index contributed by atoms with van der Waals surface area (Å²) in [6.45, 7) is 15.2. The third kappa shape index (κ3) is 5.26. The summed E-state index contributed by atoms with van der Waals surface area (Å²) in [7, 11) is 1.81. The summed E-state index contributed by atoms with van der Waals surface area (Å²) in [5.74, 6) is 2.35. The molecular weight excluding hydrogens is 350 g/mol. The van der Waals surface area contributed by atoms with Gasteiger partial charge in [0.1, 0.15) is 11.3 Å². The van der Waals surface area contributed by atoms with E-state index in [9.17, 15) is 0 Å². The second-order valence-electron chi connectivity index (χ2n) is 7.79. The van der Waals surface area contributed by atoms with E-state index in [2.05, 4.69) is 52.3 Å². The zero-order chi connectivity index (χ0) is 19.9. The van der Waals surface area contributed by atoms with Crippen LogP contribution in [0.2, 0.25) is 0 Å². The average Bonchev–Trinajstić information content (AvgIpc) is 3.04. The number of benzene rings is 1. The maximum absolute atomic E-state index is 5.98. The van der Waals surface area contributed by atoms with Crippen molar-refractivity contribution < 1.29 is 4.42 Å². The fraction of sp³-hybridized carbons (Fsp3) is 0.591. The predicted molar refractivity (Wildman–Crippen MR) is 117 cm³/mol. The first-order chi connectivity index (χ1) is 13.6. The molecule has 0 aliphatic carbocycles. The smallest absolute Gasteiger partial charge is 0.191 e. The summed E-state index contributed by atoms with van der Waals surface area (Å²) in [5.41, 5.74) is 2.13. The second kappa shape index (κ2) is 9.94. The third-order valence-corrected chi connectivity index (χ3v) is 5.68. The van der Waals surface area contributed by atoms with Gasteiger partial charge in [-0.15, -0.1) is 0 Å². The zero-order valence-electron chi connectivity index (χ0n) is 17.8. The number of fused-ring (bicyclic) bond motifs is 1. The van der Waals surface area contributed by atoms with E-state index in [0.717, 1.165) is 36.9 Å². The van der Waals surface area contributed by atoms with Crippen molar-refractivity contribution in [2.45, 2.75) is 27.3 Å². The maximum Gasteiger partial charge on any atom is 0.191 e. The molecule has 1 saturated heterocycles. The average molecular weight is 386 g/mol. The second-order valence-corrected chi connectivity index (χ2v) is 7.79. The van der Waals surface area contributed by atoms with Crippen molar-refractivity contribution in [2.75, 3.05) is 52.9 Å². The molecular formula is C22H35N5O. The van der Waals surface area contributed by atoms with Crippen LogP contribution in [0.25, 0.3) is 11.0 Å². The van der Waals surface area contributed by atoms with Gasteiger partial charge in [-0.3, -0.25) is 4.99 Å². The molecule has 1 aliphatic rings. The molecule has 2 aromatic rings. The lowest BCUT2D eigenvalue weighted by Crippen LogP contribution is -2.48. The highest BCUT2D eigenvalue weighted by atomic mass is 16.3. The van der Waals surface area contributed by atoms with Gasteiger partial charge >= 0.3 is 0 Å². The Hall–Kier alpha value is -2.05. The fourth-order valence-corrected chi connectivity index (χ4v) is 3.84. The first-order valence-electron chi connectivity index (χ1n) is 10.5. The van der Waals surface area contributed by atoms with Crippen LogP contribution in [0.4, 0.5) is 0 Å². The Morgan fingerprint density at radius 3 is 2.54 bits per heavy atom. The fourth-order valence-electron chi connectivity index (χ4n) is 3.84. The number of guanidine groups is 1. The normalized spacial score (nSPS) is 17.8. The molecule has 0 saturated carbocycles. The molecule has 2 N–H and O–H groups in total. The molecule has 154 valence electrons. The lowest BCUT2D eigenvalue weighted by Gasteiger charge is -2.35. The van der Waals surface area contributed by atoms with Crippen LogP contribution in [0.15, 0.2) is 33.7 Å². The molecule has 1 unspecified atom stereocenters. The number of para-hydroxylation sites is 1. The Labute approximate surface area is 169 Å². The van der Waals surface area contributed by atoms with E-state index in [1.807, 2.05) is 25.2 Å². The van der Waals surface area contributed by atoms with E-state index in [4.69, 9.17) is 4.42 Å².